The van der Waals surface area contributed by atoms with Crippen molar-refractivity contribution in [3.8, 4) is 0 Å². The van der Waals surface area contributed by atoms with E-state index in [0.29, 0.717) is 17.8 Å². The predicted molar refractivity (Wildman–Crippen MR) is 76.6 cm³/mol. The average Bonchev–Trinajstić information content (AvgIpc) is 2.54. The van der Waals surface area contributed by atoms with E-state index >= 15 is 0 Å². The summed E-state index contributed by atoms with van der Waals surface area (Å²) in [6.45, 7) is 8.68. The fraction of sp³-hybridized carbons (Fsp3) is 0.824. The first-order valence-electron chi connectivity index (χ1n) is 8.04. The predicted octanol–water partition coefficient (Wildman–Crippen LogP) is 3.89. The van der Waals surface area contributed by atoms with Crippen molar-refractivity contribution in [1.82, 2.24) is 0 Å². The van der Waals surface area contributed by atoms with Crippen molar-refractivity contribution in [2.45, 2.75) is 59.5 Å². The zero-order chi connectivity index (χ0) is 14.4. The highest BCUT2D eigenvalue weighted by atomic mass is 17.2. The maximum atomic E-state index is 12.1. The first kappa shape index (κ1) is 14.1. The molecule has 3 heteroatoms. The van der Waals surface area contributed by atoms with Gasteiger partial charge in [0.15, 0.2) is 0 Å². The van der Waals surface area contributed by atoms with E-state index in [-0.39, 0.29) is 18.0 Å². The molecule has 0 aromatic rings. The van der Waals surface area contributed by atoms with Gasteiger partial charge in [0, 0.05) is 0 Å². The molecule has 3 rings (SSSR count). The van der Waals surface area contributed by atoms with E-state index < -0.39 is 0 Å². The van der Waals surface area contributed by atoms with Crippen LogP contribution in [0.2, 0.25) is 0 Å². The summed E-state index contributed by atoms with van der Waals surface area (Å²) in [6.07, 6.45) is 4.70. The third kappa shape index (κ3) is 2.11. The van der Waals surface area contributed by atoms with Crippen LogP contribution in [0.5, 0.6) is 0 Å². The smallest absolute Gasteiger partial charge is 0.297 e. The summed E-state index contributed by atoms with van der Waals surface area (Å²) < 4.78 is 0. The second kappa shape index (κ2) is 5.18. The lowest BCUT2D eigenvalue weighted by Crippen LogP contribution is -2.46. The van der Waals surface area contributed by atoms with Crippen LogP contribution < -0.4 is 0 Å². The summed E-state index contributed by atoms with van der Waals surface area (Å²) in [4.78, 5) is 22.8. The molecule has 1 saturated heterocycles. The maximum Gasteiger partial charge on any atom is 0.345 e. The Morgan fingerprint density at radius 2 is 1.85 bits per heavy atom. The van der Waals surface area contributed by atoms with Gasteiger partial charge in [0.1, 0.15) is 6.10 Å². The van der Waals surface area contributed by atoms with E-state index in [1.807, 2.05) is 6.92 Å². The van der Waals surface area contributed by atoms with Crippen molar-refractivity contribution >= 4 is 5.97 Å². The molecule has 1 aliphatic heterocycles. The molecule has 0 N–H and O–H groups in total. The Balaban J connectivity index is 2.02. The van der Waals surface area contributed by atoms with Gasteiger partial charge in [-0.3, -0.25) is 4.89 Å². The molecule has 0 radical (unpaired) electrons. The molecule has 0 unspecified atom stereocenters. The molecular formula is C17H26O3. The van der Waals surface area contributed by atoms with Crippen molar-refractivity contribution in [1.29, 1.82) is 0 Å². The molecule has 1 heterocycles. The van der Waals surface area contributed by atoms with Crippen LogP contribution in [0.4, 0.5) is 0 Å². The number of carbonyl (C=O) groups excluding carboxylic acids is 1. The molecule has 2 saturated carbocycles. The fourth-order valence-electron chi connectivity index (χ4n) is 4.77. The zero-order valence-electron chi connectivity index (χ0n) is 13.0. The SMILES string of the molecule is CC(C)=C1CC[C@@H]2[C@H]3[C@@H](CC[C@H]2C)[C@@H](C)C(=O)OO[C@H]13. The number of carbonyl (C=O) groups is 1. The lowest BCUT2D eigenvalue weighted by atomic mass is 9.57. The van der Waals surface area contributed by atoms with Gasteiger partial charge in [0.25, 0.3) is 0 Å². The molecule has 3 nitrogen and oxygen atoms in total. The topological polar surface area (TPSA) is 35.5 Å². The summed E-state index contributed by atoms with van der Waals surface area (Å²) in [5, 5.41) is 0. The molecule has 0 spiro atoms. The molecule has 3 fully saturated rings. The van der Waals surface area contributed by atoms with Gasteiger partial charge in [-0.25, -0.2) is 4.79 Å². The fourth-order valence-corrected chi connectivity index (χ4v) is 4.77. The molecular weight excluding hydrogens is 252 g/mol. The molecule has 6 atom stereocenters. The van der Waals surface area contributed by atoms with Crippen molar-refractivity contribution in [3.63, 3.8) is 0 Å². The van der Waals surface area contributed by atoms with Crippen LogP contribution in [-0.4, -0.2) is 12.1 Å². The lowest BCUT2D eigenvalue weighted by Gasteiger charge is -2.48. The van der Waals surface area contributed by atoms with Gasteiger partial charge < -0.3 is 0 Å². The number of allylic oxidation sites excluding steroid dienone is 1. The Morgan fingerprint density at radius 3 is 2.55 bits per heavy atom. The highest BCUT2D eigenvalue weighted by molar-refractivity contribution is 5.72. The first-order valence-corrected chi connectivity index (χ1v) is 8.04. The highest BCUT2D eigenvalue weighted by Crippen LogP contribution is 2.53. The van der Waals surface area contributed by atoms with E-state index in [1.54, 1.807) is 0 Å². The van der Waals surface area contributed by atoms with Crippen LogP contribution in [0.1, 0.15) is 53.4 Å². The quantitative estimate of drug-likeness (QED) is 0.498. The normalized spacial score (nSPS) is 44.4. The summed E-state index contributed by atoms with van der Waals surface area (Å²) >= 11 is 0. The average molecular weight is 278 g/mol. The van der Waals surface area contributed by atoms with Crippen molar-refractivity contribution in [2.75, 3.05) is 0 Å². The third-order valence-corrected chi connectivity index (χ3v) is 6.01. The van der Waals surface area contributed by atoms with Crippen LogP contribution in [0.25, 0.3) is 0 Å². The van der Waals surface area contributed by atoms with Gasteiger partial charge in [0.05, 0.1) is 5.92 Å². The minimum atomic E-state index is -0.175. The number of hydrogen-bond acceptors (Lipinski definition) is 3. The Morgan fingerprint density at radius 1 is 1.10 bits per heavy atom. The molecule has 0 aromatic heterocycles. The zero-order valence-corrected chi connectivity index (χ0v) is 13.0. The standard InChI is InChI=1S/C17H26O3/c1-9(2)12-7-8-13-10(3)5-6-14-11(4)17(18)20-19-16(12)15(13)14/h10-11,13-16H,5-8H2,1-4H3/t10-,11-,13+,14+,15+,16-/m1/s1. The number of rotatable bonds is 0. The van der Waals surface area contributed by atoms with Crippen LogP contribution >= 0.6 is 0 Å². The van der Waals surface area contributed by atoms with Crippen LogP contribution in [0.3, 0.4) is 0 Å². The number of hydrogen-bond donors (Lipinski definition) is 0. The van der Waals surface area contributed by atoms with E-state index in [4.69, 9.17) is 9.78 Å². The lowest BCUT2D eigenvalue weighted by molar-refractivity contribution is -0.299. The Kier molecular flexibility index (Phi) is 3.65. The Hall–Kier alpha value is -0.830. The minimum Gasteiger partial charge on any atom is -0.297 e. The van der Waals surface area contributed by atoms with Gasteiger partial charge in [-0.15, -0.1) is 0 Å². The van der Waals surface area contributed by atoms with Gasteiger partial charge in [-0.05, 0) is 62.4 Å². The van der Waals surface area contributed by atoms with Gasteiger partial charge in [0.2, 0.25) is 0 Å². The molecule has 112 valence electrons. The second-order valence-corrected chi connectivity index (χ2v) is 7.23. The summed E-state index contributed by atoms with van der Waals surface area (Å²) in [6, 6.07) is 0. The first-order chi connectivity index (χ1) is 9.50. The van der Waals surface area contributed by atoms with E-state index in [9.17, 15) is 4.79 Å². The maximum absolute atomic E-state index is 12.1. The van der Waals surface area contributed by atoms with Gasteiger partial charge in [-0.1, -0.05) is 25.8 Å². The van der Waals surface area contributed by atoms with Crippen molar-refractivity contribution < 1.29 is 14.6 Å². The van der Waals surface area contributed by atoms with E-state index in [0.717, 1.165) is 18.8 Å². The second-order valence-electron chi connectivity index (χ2n) is 7.23. The summed E-state index contributed by atoms with van der Waals surface area (Å²) in [5.41, 5.74) is 2.70. The van der Waals surface area contributed by atoms with Crippen LogP contribution in [-0.2, 0) is 14.6 Å². The van der Waals surface area contributed by atoms with Crippen molar-refractivity contribution in [2.24, 2.45) is 29.6 Å². The third-order valence-electron chi connectivity index (χ3n) is 6.01. The highest BCUT2D eigenvalue weighted by Gasteiger charge is 2.51. The minimum absolute atomic E-state index is 0.000370. The largest absolute Gasteiger partial charge is 0.345 e. The Labute approximate surface area is 121 Å². The molecule has 3 aliphatic rings. The molecule has 2 aliphatic carbocycles. The summed E-state index contributed by atoms with van der Waals surface area (Å²) in [7, 11) is 0. The monoisotopic (exact) mass is 278 g/mol. The molecule has 20 heavy (non-hydrogen) atoms. The Bertz CT molecular complexity index is 436. The van der Waals surface area contributed by atoms with Crippen LogP contribution in [0, 0.1) is 29.6 Å². The summed E-state index contributed by atoms with van der Waals surface area (Å²) in [5.74, 6) is 2.09. The van der Waals surface area contributed by atoms with Crippen LogP contribution in [0.15, 0.2) is 11.1 Å². The van der Waals surface area contributed by atoms with Crippen molar-refractivity contribution in [3.05, 3.63) is 11.1 Å². The molecule has 0 bridgehead atoms. The van der Waals surface area contributed by atoms with E-state index in [1.165, 1.54) is 24.0 Å². The van der Waals surface area contributed by atoms with E-state index in [2.05, 4.69) is 20.8 Å². The molecule has 0 aromatic carbocycles. The molecule has 0 amide bonds. The van der Waals surface area contributed by atoms with Gasteiger partial charge >= 0.3 is 5.97 Å². The van der Waals surface area contributed by atoms with Gasteiger partial charge in [-0.2, -0.15) is 4.89 Å².